The summed E-state index contributed by atoms with van der Waals surface area (Å²) >= 11 is 0. The molecular weight excluding hydrogens is 213 g/mol. The first kappa shape index (κ1) is 12.0. The number of ether oxygens (including phenoxy) is 1. The van der Waals surface area contributed by atoms with Gasteiger partial charge in [0.25, 0.3) is 0 Å². The molecule has 1 rings (SSSR count). The fourth-order valence-electron chi connectivity index (χ4n) is 1.06. The van der Waals surface area contributed by atoms with E-state index in [9.17, 15) is 18.0 Å². The fourth-order valence-corrected chi connectivity index (χ4v) is 1.06. The summed E-state index contributed by atoms with van der Waals surface area (Å²) in [4.78, 5) is 14.8. The molecule has 0 spiro atoms. The Bertz CT molecular complexity index is 276. The average molecular weight is 224 g/mol. The van der Waals surface area contributed by atoms with Crippen molar-refractivity contribution in [2.75, 3.05) is 13.2 Å². The molecule has 1 N–H and O–H groups in total. The van der Waals surface area contributed by atoms with E-state index in [2.05, 4.69) is 15.0 Å². The maximum Gasteiger partial charge on any atom is 0.411 e. The van der Waals surface area contributed by atoms with Crippen LogP contribution >= 0.6 is 0 Å². The van der Waals surface area contributed by atoms with Crippen LogP contribution in [0.1, 0.15) is 13.3 Å². The van der Waals surface area contributed by atoms with Crippen LogP contribution in [0.25, 0.3) is 0 Å². The zero-order chi connectivity index (χ0) is 11.5. The van der Waals surface area contributed by atoms with Crippen molar-refractivity contribution in [3.05, 3.63) is 0 Å². The molecule has 0 aromatic rings. The van der Waals surface area contributed by atoms with Gasteiger partial charge < -0.3 is 10.1 Å². The normalized spacial score (nSPS) is 21.5. The Morgan fingerprint density at radius 3 is 2.67 bits per heavy atom. The van der Waals surface area contributed by atoms with Gasteiger partial charge in [-0.3, -0.25) is 9.79 Å². The molecule has 1 amide bonds. The van der Waals surface area contributed by atoms with Crippen LogP contribution in [0, 0.1) is 0 Å². The number of nitrogens with one attached hydrogen (secondary N) is 1. The molecule has 7 heteroatoms. The molecule has 1 heterocycles. The highest BCUT2D eigenvalue weighted by atomic mass is 19.4. The second kappa shape index (κ2) is 4.61. The molecule has 1 aliphatic heterocycles. The Morgan fingerprint density at radius 2 is 2.20 bits per heavy atom. The summed E-state index contributed by atoms with van der Waals surface area (Å²) in [6, 6.07) is -0.456. The molecule has 15 heavy (non-hydrogen) atoms. The molecule has 0 aliphatic carbocycles. The van der Waals surface area contributed by atoms with E-state index in [-0.39, 0.29) is 18.9 Å². The van der Waals surface area contributed by atoms with Crippen molar-refractivity contribution < 1.29 is 22.7 Å². The topological polar surface area (TPSA) is 50.7 Å². The number of carbonyl (C=O) groups is 1. The Morgan fingerprint density at radius 1 is 1.53 bits per heavy atom. The van der Waals surface area contributed by atoms with Crippen LogP contribution in [-0.4, -0.2) is 37.2 Å². The van der Waals surface area contributed by atoms with Gasteiger partial charge in [-0.1, -0.05) is 0 Å². The minimum Gasteiger partial charge on any atom is -0.372 e. The van der Waals surface area contributed by atoms with E-state index in [4.69, 9.17) is 0 Å². The van der Waals surface area contributed by atoms with Crippen molar-refractivity contribution in [1.29, 1.82) is 0 Å². The van der Waals surface area contributed by atoms with Crippen LogP contribution in [0.2, 0.25) is 0 Å². The number of carbonyl (C=O) groups excluding carboxylic acids is 1. The number of aliphatic imine (C=N–C) groups is 1. The van der Waals surface area contributed by atoms with Crippen LogP contribution in [0.5, 0.6) is 0 Å². The van der Waals surface area contributed by atoms with Crippen molar-refractivity contribution in [3.63, 3.8) is 0 Å². The monoisotopic (exact) mass is 224 g/mol. The lowest BCUT2D eigenvalue weighted by atomic mass is 10.4. The zero-order valence-corrected chi connectivity index (χ0v) is 8.10. The zero-order valence-electron chi connectivity index (χ0n) is 8.10. The highest BCUT2D eigenvalue weighted by molar-refractivity contribution is 6.05. The lowest BCUT2D eigenvalue weighted by Gasteiger charge is -2.07. The first-order valence-corrected chi connectivity index (χ1v) is 4.40. The Labute approximate surface area is 84.5 Å². The Hall–Kier alpha value is -1.11. The third-order valence-electron chi connectivity index (χ3n) is 1.75. The predicted octanol–water partition coefficient (Wildman–Crippen LogP) is 0.872. The maximum atomic E-state index is 11.7. The number of amidine groups is 1. The van der Waals surface area contributed by atoms with Crippen molar-refractivity contribution in [2.45, 2.75) is 25.6 Å². The lowest BCUT2D eigenvalue weighted by molar-refractivity contribution is -0.173. The van der Waals surface area contributed by atoms with Gasteiger partial charge in [0.15, 0.2) is 0 Å². The van der Waals surface area contributed by atoms with E-state index < -0.39 is 18.8 Å². The molecule has 1 unspecified atom stereocenters. The molecule has 0 saturated heterocycles. The highest BCUT2D eigenvalue weighted by Crippen LogP contribution is 2.14. The minimum absolute atomic E-state index is 0.106. The number of rotatable bonds is 4. The van der Waals surface area contributed by atoms with Crippen LogP contribution in [-0.2, 0) is 9.53 Å². The Balaban J connectivity index is 2.17. The standard InChI is InChI=1S/C8H11F3N2O2/c1-5-7(14)13-6(12-5)2-3-15-4-8(9,10)11/h5H,2-4H2,1H3,(H,12,13,14). The summed E-state index contributed by atoms with van der Waals surface area (Å²) in [7, 11) is 0. The van der Waals surface area contributed by atoms with Crippen LogP contribution in [0.4, 0.5) is 13.2 Å². The van der Waals surface area contributed by atoms with Gasteiger partial charge in [0, 0.05) is 6.42 Å². The van der Waals surface area contributed by atoms with Crippen molar-refractivity contribution in [3.8, 4) is 0 Å². The molecule has 1 atom stereocenters. The molecule has 0 saturated carbocycles. The molecular formula is C8H11F3N2O2. The molecule has 0 bridgehead atoms. The number of amides is 1. The molecule has 0 radical (unpaired) electrons. The van der Waals surface area contributed by atoms with E-state index in [1.165, 1.54) is 0 Å². The molecule has 1 aliphatic rings. The number of hydrogen-bond donors (Lipinski definition) is 1. The minimum atomic E-state index is -4.31. The van der Waals surface area contributed by atoms with Crippen molar-refractivity contribution in [1.82, 2.24) is 5.32 Å². The van der Waals surface area contributed by atoms with Gasteiger partial charge in [0.1, 0.15) is 18.5 Å². The molecule has 4 nitrogen and oxygen atoms in total. The van der Waals surface area contributed by atoms with E-state index in [1.54, 1.807) is 6.92 Å². The molecule has 0 fully saturated rings. The summed E-state index contributed by atoms with van der Waals surface area (Å²) in [5, 5.41) is 2.45. The quantitative estimate of drug-likeness (QED) is 0.720. The van der Waals surface area contributed by atoms with E-state index in [0.29, 0.717) is 5.84 Å². The average Bonchev–Trinajstić information content (AvgIpc) is 2.39. The van der Waals surface area contributed by atoms with Gasteiger partial charge in [-0.05, 0) is 6.92 Å². The van der Waals surface area contributed by atoms with Crippen molar-refractivity contribution >= 4 is 11.7 Å². The number of alkyl halides is 3. The van der Waals surface area contributed by atoms with Crippen LogP contribution in [0.15, 0.2) is 4.99 Å². The van der Waals surface area contributed by atoms with Gasteiger partial charge in [-0.15, -0.1) is 0 Å². The van der Waals surface area contributed by atoms with E-state index >= 15 is 0 Å². The highest BCUT2D eigenvalue weighted by Gasteiger charge is 2.27. The lowest BCUT2D eigenvalue weighted by Crippen LogP contribution is -2.28. The molecule has 86 valence electrons. The fraction of sp³-hybridized carbons (Fsp3) is 0.750. The summed E-state index contributed by atoms with van der Waals surface area (Å²) in [5.74, 6) is 0.149. The summed E-state index contributed by atoms with van der Waals surface area (Å²) in [6.07, 6.45) is -4.12. The maximum absolute atomic E-state index is 11.7. The van der Waals surface area contributed by atoms with Crippen molar-refractivity contribution in [2.24, 2.45) is 4.99 Å². The van der Waals surface area contributed by atoms with Gasteiger partial charge in [-0.25, -0.2) is 0 Å². The first-order chi connectivity index (χ1) is 6.88. The SMILES string of the molecule is CC1N=C(CCOCC(F)(F)F)NC1=O. The summed E-state index contributed by atoms with van der Waals surface area (Å²) in [6.45, 7) is 0.230. The third-order valence-corrected chi connectivity index (χ3v) is 1.75. The van der Waals surface area contributed by atoms with Gasteiger partial charge in [-0.2, -0.15) is 13.2 Å². The van der Waals surface area contributed by atoms with Crippen LogP contribution < -0.4 is 5.32 Å². The first-order valence-electron chi connectivity index (χ1n) is 4.40. The smallest absolute Gasteiger partial charge is 0.372 e. The van der Waals surface area contributed by atoms with Gasteiger partial charge in [0.05, 0.1) is 6.61 Å². The van der Waals surface area contributed by atoms with Crippen LogP contribution in [0.3, 0.4) is 0 Å². The third kappa shape index (κ3) is 4.28. The van der Waals surface area contributed by atoms with Gasteiger partial charge >= 0.3 is 6.18 Å². The largest absolute Gasteiger partial charge is 0.411 e. The van der Waals surface area contributed by atoms with Gasteiger partial charge in [0.2, 0.25) is 5.91 Å². The van der Waals surface area contributed by atoms with E-state index in [0.717, 1.165) is 0 Å². The molecule has 0 aromatic heterocycles. The number of hydrogen-bond acceptors (Lipinski definition) is 3. The Kier molecular flexibility index (Phi) is 3.67. The predicted molar refractivity (Wildman–Crippen MR) is 46.5 cm³/mol. The summed E-state index contributed by atoms with van der Waals surface area (Å²) < 4.78 is 39.3. The second-order valence-corrected chi connectivity index (χ2v) is 3.16. The molecule has 0 aromatic carbocycles. The summed E-state index contributed by atoms with van der Waals surface area (Å²) in [5.41, 5.74) is 0. The van der Waals surface area contributed by atoms with E-state index in [1.807, 2.05) is 0 Å². The second-order valence-electron chi connectivity index (χ2n) is 3.16. The number of nitrogens with zero attached hydrogens (tertiary/aromatic N) is 1. The number of halogens is 3.